The molecule has 3 rings (SSSR count). The Morgan fingerprint density at radius 3 is 2.45 bits per heavy atom. The fraction of sp³-hybridized carbons (Fsp3) is 0.455. The molecule has 0 aromatic heterocycles. The molecule has 2 aliphatic rings. The van der Waals surface area contributed by atoms with Crippen LogP contribution in [-0.2, 0) is 19.1 Å². The number of hydrogen-bond acceptors (Lipinski definition) is 7. The van der Waals surface area contributed by atoms with Crippen LogP contribution in [0.25, 0.3) is 0 Å². The summed E-state index contributed by atoms with van der Waals surface area (Å²) in [6.07, 6.45) is 1.92. The third-order valence-electron chi connectivity index (χ3n) is 5.45. The fourth-order valence-corrected chi connectivity index (χ4v) is 5.48. The first-order chi connectivity index (χ1) is 15.8. The first kappa shape index (κ1) is 25.2. The van der Waals surface area contributed by atoms with Gasteiger partial charge >= 0.3 is 5.97 Å². The van der Waals surface area contributed by atoms with Crippen molar-refractivity contribution < 1.29 is 23.9 Å². The smallest absolute Gasteiger partial charge is 0.319 e. The van der Waals surface area contributed by atoms with Crippen LogP contribution in [0.15, 0.2) is 22.7 Å². The minimum Gasteiger partial charge on any atom is -0.491 e. The molecule has 0 saturated carbocycles. The molecule has 2 atom stereocenters. The highest BCUT2D eigenvalue weighted by molar-refractivity contribution is 8.03. The van der Waals surface area contributed by atoms with Crippen LogP contribution in [0.3, 0.4) is 0 Å². The molecule has 11 heteroatoms. The zero-order valence-electron chi connectivity index (χ0n) is 18.2. The number of carbonyl (C=O) groups excluding carboxylic acids is 3. The van der Waals surface area contributed by atoms with Crippen LogP contribution in [0.5, 0.6) is 5.75 Å². The monoisotopic (exact) mass is 511 g/mol. The Morgan fingerprint density at radius 2 is 1.91 bits per heavy atom. The highest BCUT2D eigenvalue weighted by Crippen LogP contribution is 2.44. The van der Waals surface area contributed by atoms with Crippen molar-refractivity contribution in [1.29, 1.82) is 5.26 Å². The first-order valence-corrected chi connectivity index (χ1v) is 12.1. The molecular weight excluding hydrogens is 489 g/mol. The SMILES string of the molecule is CCOc1c(Cl)cc([C@@H]2C(C#N)=C(SCC(=O)N3CCCC3)NC(=O)[C@@H]2C(=O)OC)cc1Cl. The summed E-state index contributed by atoms with van der Waals surface area (Å²) in [5.41, 5.74) is 0.514. The average Bonchev–Trinajstić information content (AvgIpc) is 3.33. The number of rotatable bonds is 7. The molecule has 0 aliphatic carbocycles. The van der Waals surface area contributed by atoms with Crippen molar-refractivity contribution in [3.63, 3.8) is 0 Å². The van der Waals surface area contributed by atoms with E-state index in [1.54, 1.807) is 11.8 Å². The second-order valence-corrected chi connectivity index (χ2v) is 9.25. The number of carbonyl (C=O) groups is 3. The van der Waals surface area contributed by atoms with Crippen LogP contribution in [0.1, 0.15) is 31.2 Å². The van der Waals surface area contributed by atoms with E-state index in [1.165, 1.54) is 19.2 Å². The van der Waals surface area contributed by atoms with Crippen molar-refractivity contribution in [1.82, 2.24) is 10.2 Å². The van der Waals surface area contributed by atoms with E-state index in [0.29, 0.717) is 25.3 Å². The molecule has 2 amide bonds. The zero-order valence-corrected chi connectivity index (χ0v) is 20.5. The maximum atomic E-state index is 12.9. The molecule has 1 N–H and O–H groups in total. The van der Waals surface area contributed by atoms with E-state index in [0.717, 1.165) is 24.6 Å². The number of benzene rings is 1. The summed E-state index contributed by atoms with van der Waals surface area (Å²) in [5, 5.41) is 13.2. The molecule has 2 heterocycles. The Balaban J connectivity index is 2.02. The van der Waals surface area contributed by atoms with Crippen molar-refractivity contribution >= 4 is 52.7 Å². The van der Waals surface area contributed by atoms with Crippen LogP contribution in [-0.4, -0.2) is 55.2 Å². The van der Waals surface area contributed by atoms with Crippen molar-refractivity contribution in [3.8, 4) is 11.8 Å². The topological polar surface area (TPSA) is 109 Å². The molecule has 8 nitrogen and oxygen atoms in total. The first-order valence-electron chi connectivity index (χ1n) is 10.4. The van der Waals surface area contributed by atoms with Gasteiger partial charge in [0.05, 0.1) is 46.2 Å². The minimum atomic E-state index is -1.33. The van der Waals surface area contributed by atoms with Gasteiger partial charge in [0, 0.05) is 19.0 Å². The molecule has 1 aromatic carbocycles. The molecule has 1 fully saturated rings. The quantitative estimate of drug-likeness (QED) is 0.440. The summed E-state index contributed by atoms with van der Waals surface area (Å²) >= 11 is 13.8. The Hall–Kier alpha value is -2.41. The maximum absolute atomic E-state index is 12.9. The van der Waals surface area contributed by atoms with Gasteiger partial charge in [0.2, 0.25) is 11.8 Å². The normalized spacial score (nSPS) is 20.3. The number of amides is 2. The van der Waals surface area contributed by atoms with Gasteiger partial charge in [-0.3, -0.25) is 14.4 Å². The van der Waals surface area contributed by atoms with Crippen LogP contribution in [0.4, 0.5) is 0 Å². The van der Waals surface area contributed by atoms with Gasteiger partial charge in [0.25, 0.3) is 0 Å². The van der Waals surface area contributed by atoms with Gasteiger partial charge in [-0.1, -0.05) is 35.0 Å². The summed E-state index contributed by atoms with van der Waals surface area (Å²) < 4.78 is 10.3. The Bertz CT molecular complexity index is 1010. The molecule has 1 aromatic rings. The van der Waals surface area contributed by atoms with Crippen LogP contribution in [0, 0.1) is 17.2 Å². The molecule has 0 bridgehead atoms. The van der Waals surface area contributed by atoms with Gasteiger partial charge in [-0.25, -0.2) is 0 Å². The molecule has 33 heavy (non-hydrogen) atoms. The van der Waals surface area contributed by atoms with Gasteiger partial charge < -0.3 is 19.7 Å². The van der Waals surface area contributed by atoms with Crippen molar-refractivity contribution in [3.05, 3.63) is 38.3 Å². The zero-order chi connectivity index (χ0) is 24.1. The van der Waals surface area contributed by atoms with Crippen molar-refractivity contribution in [2.75, 3.05) is 32.6 Å². The number of nitrogens with zero attached hydrogens (tertiary/aromatic N) is 2. The Morgan fingerprint density at radius 1 is 1.27 bits per heavy atom. The minimum absolute atomic E-state index is 0.0567. The fourth-order valence-electron chi connectivity index (χ4n) is 3.91. The predicted octanol–water partition coefficient (Wildman–Crippen LogP) is 3.49. The van der Waals surface area contributed by atoms with E-state index in [1.807, 2.05) is 0 Å². The maximum Gasteiger partial charge on any atom is 0.319 e. The van der Waals surface area contributed by atoms with E-state index in [2.05, 4.69) is 11.4 Å². The van der Waals surface area contributed by atoms with E-state index < -0.39 is 23.7 Å². The third kappa shape index (κ3) is 5.40. The largest absolute Gasteiger partial charge is 0.491 e. The molecular formula is C22H23Cl2N3O5S. The number of methoxy groups -OCH3 is 1. The lowest BCUT2D eigenvalue weighted by Crippen LogP contribution is -2.44. The number of esters is 1. The average molecular weight is 512 g/mol. The number of likely N-dealkylation sites (tertiary alicyclic amines) is 1. The lowest BCUT2D eigenvalue weighted by atomic mass is 9.78. The summed E-state index contributed by atoms with van der Waals surface area (Å²) in [5.74, 6) is -3.50. The molecule has 176 valence electrons. The molecule has 1 saturated heterocycles. The van der Waals surface area contributed by atoms with Gasteiger partial charge in [0.15, 0.2) is 5.75 Å². The van der Waals surface area contributed by atoms with Crippen molar-refractivity contribution in [2.24, 2.45) is 5.92 Å². The second kappa shape index (κ2) is 11.1. The molecule has 0 unspecified atom stereocenters. The van der Waals surface area contributed by atoms with Crippen LogP contribution >= 0.6 is 35.0 Å². The molecule has 0 spiro atoms. The number of hydrogen-bond donors (Lipinski definition) is 1. The summed E-state index contributed by atoms with van der Waals surface area (Å²) in [6.45, 7) is 3.52. The van der Waals surface area contributed by atoms with E-state index in [4.69, 9.17) is 32.7 Å². The number of ether oxygens (including phenoxy) is 2. The van der Waals surface area contributed by atoms with Crippen LogP contribution < -0.4 is 10.1 Å². The van der Waals surface area contributed by atoms with E-state index in [-0.39, 0.29) is 38.1 Å². The van der Waals surface area contributed by atoms with Gasteiger partial charge in [0.1, 0.15) is 5.92 Å². The standard InChI is InChI=1S/C22H23Cl2N3O5S/c1-3-32-19-14(23)8-12(9-15(19)24)17-13(10-25)21(26-20(29)18(17)22(30)31-2)33-11-16(28)27-6-4-5-7-27/h8-9,17-18H,3-7,11H2,1-2H3,(H,26,29)/t17-,18-/m1/s1. The number of nitrogens with one attached hydrogen (secondary N) is 1. The number of thioether (sulfide) groups is 1. The lowest BCUT2D eigenvalue weighted by Gasteiger charge is -2.31. The Labute approximate surface area is 206 Å². The number of allylic oxidation sites excluding steroid dienone is 1. The molecule has 2 aliphatic heterocycles. The van der Waals surface area contributed by atoms with Gasteiger partial charge in [-0.15, -0.1) is 0 Å². The Kier molecular flexibility index (Phi) is 8.51. The molecule has 0 radical (unpaired) electrons. The van der Waals surface area contributed by atoms with Crippen LogP contribution in [0.2, 0.25) is 10.0 Å². The predicted molar refractivity (Wildman–Crippen MR) is 125 cm³/mol. The second-order valence-electron chi connectivity index (χ2n) is 7.45. The van der Waals surface area contributed by atoms with Gasteiger partial charge in [-0.05, 0) is 37.5 Å². The summed E-state index contributed by atoms with van der Waals surface area (Å²) in [7, 11) is 1.17. The van der Waals surface area contributed by atoms with E-state index in [9.17, 15) is 19.6 Å². The highest BCUT2D eigenvalue weighted by Gasteiger charge is 2.45. The number of halogens is 2. The third-order valence-corrected chi connectivity index (χ3v) is 7.01. The highest BCUT2D eigenvalue weighted by atomic mass is 35.5. The summed E-state index contributed by atoms with van der Waals surface area (Å²) in [4.78, 5) is 39.7. The number of nitriles is 1. The lowest BCUT2D eigenvalue weighted by molar-refractivity contribution is -0.150. The summed E-state index contributed by atoms with van der Waals surface area (Å²) in [6, 6.07) is 5.14. The van der Waals surface area contributed by atoms with Gasteiger partial charge in [-0.2, -0.15) is 5.26 Å². The van der Waals surface area contributed by atoms with Crippen molar-refractivity contribution in [2.45, 2.75) is 25.7 Å². The van der Waals surface area contributed by atoms with E-state index >= 15 is 0 Å².